The summed E-state index contributed by atoms with van der Waals surface area (Å²) in [5.74, 6) is 0.745. The Balaban J connectivity index is 1.61. The van der Waals surface area contributed by atoms with Crippen LogP contribution >= 0.6 is 0 Å². The molecule has 1 aromatic carbocycles. The van der Waals surface area contributed by atoms with E-state index in [4.69, 9.17) is 4.74 Å². The molecular weight excluding hydrogens is 456 g/mol. The first-order valence-corrected chi connectivity index (χ1v) is 12.3. The van der Waals surface area contributed by atoms with E-state index in [2.05, 4.69) is 17.0 Å². The fraction of sp³-hybridized carbons (Fsp3) is 0.357. The zero-order valence-corrected chi connectivity index (χ0v) is 20.9. The molecule has 8 nitrogen and oxygen atoms in total. The molecule has 1 amide bonds. The van der Waals surface area contributed by atoms with Crippen molar-refractivity contribution in [2.75, 3.05) is 4.90 Å². The Labute approximate surface area is 211 Å². The van der Waals surface area contributed by atoms with Crippen LogP contribution in [0.15, 0.2) is 55.0 Å². The number of rotatable bonds is 7. The van der Waals surface area contributed by atoms with E-state index in [1.54, 1.807) is 22.0 Å². The summed E-state index contributed by atoms with van der Waals surface area (Å²) in [5, 5.41) is 13.9. The number of carbonyl (C=O) groups excluding carboxylic acids is 1. The Hall–Kier alpha value is -3.94. The molecule has 0 saturated heterocycles. The fourth-order valence-corrected chi connectivity index (χ4v) is 4.53. The van der Waals surface area contributed by atoms with Gasteiger partial charge in [0, 0.05) is 24.4 Å². The molecule has 1 N–H and O–H groups in total. The number of ether oxygens (including phenoxy) is 1. The molecule has 36 heavy (non-hydrogen) atoms. The van der Waals surface area contributed by atoms with Gasteiger partial charge < -0.3 is 9.84 Å². The van der Waals surface area contributed by atoms with E-state index in [9.17, 15) is 14.7 Å². The molecule has 188 valence electrons. The molecule has 3 aromatic rings. The van der Waals surface area contributed by atoms with Crippen LogP contribution in [0, 0.1) is 11.8 Å². The Kier molecular flexibility index (Phi) is 7.83. The van der Waals surface area contributed by atoms with Crippen LogP contribution in [0.1, 0.15) is 57.6 Å². The first kappa shape index (κ1) is 25.2. The number of nitrogens with zero attached hydrogens (tertiary/aromatic N) is 4. The average Bonchev–Trinajstić information content (AvgIpc) is 3.26. The first-order valence-electron chi connectivity index (χ1n) is 12.3. The third-order valence-corrected chi connectivity index (χ3v) is 6.54. The van der Waals surface area contributed by atoms with Gasteiger partial charge in [-0.25, -0.2) is 9.48 Å². The van der Waals surface area contributed by atoms with Gasteiger partial charge in [-0.15, -0.1) is 5.10 Å². The number of pyridine rings is 1. The standard InChI is InChI=1S/C28H32N4O4/c1-19(2)32(27(33)23-10-4-20(3)5-11-23)26-25(36-28(34)35)18-31(30-26)24-12-8-21(9-13-24)6-7-22-14-16-29-17-15-22/h6-9,12-20,23H,4-5,10-11H2,1-3H3,(H,34,35)/b7-6+. The van der Waals surface area contributed by atoms with Crippen molar-refractivity contribution < 1.29 is 19.4 Å². The molecule has 4 rings (SSSR count). The highest BCUT2D eigenvalue weighted by Gasteiger charge is 2.34. The molecule has 2 aromatic heterocycles. The third kappa shape index (κ3) is 6.00. The van der Waals surface area contributed by atoms with Crippen LogP contribution in [0.3, 0.4) is 0 Å². The van der Waals surface area contributed by atoms with Gasteiger partial charge in [-0.1, -0.05) is 31.2 Å². The molecular formula is C28H32N4O4. The van der Waals surface area contributed by atoms with Gasteiger partial charge >= 0.3 is 6.16 Å². The topological polar surface area (TPSA) is 97.5 Å². The summed E-state index contributed by atoms with van der Waals surface area (Å²) in [6, 6.07) is 11.3. The van der Waals surface area contributed by atoms with Crippen molar-refractivity contribution >= 4 is 30.0 Å². The van der Waals surface area contributed by atoms with Gasteiger partial charge in [0.2, 0.25) is 11.7 Å². The molecule has 1 saturated carbocycles. The normalized spacial score (nSPS) is 17.9. The van der Waals surface area contributed by atoms with Gasteiger partial charge in [-0.05, 0) is 80.8 Å². The Morgan fingerprint density at radius 1 is 1.03 bits per heavy atom. The van der Waals surface area contributed by atoms with Gasteiger partial charge in [0.1, 0.15) is 0 Å². The number of hydrogen-bond acceptors (Lipinski definition) is 5. The van der Waals surface area contributed by atoms with Crippen molar-refractivity contribution in [3.8, 4) is 11.4 Å². The van der Waals surface area contributed by atoms with Crippen molar-refractivity contribution in [1.29, 1.82) is 0 Å². The number of anilines is 1. The van der Waals surface area contributed by atoms with Gasteiger partial charge in [0.05, 0.1) is 11.9 Å². The maximum Gasteiger partial charge on any atom is 0.511 e. The molecule has 1 aliphatic rings. The quantitative estimate of drug-likeness (QED) is 0.406. The Morgan fingerprint density at radius 3 is 2.22 bits per heavy atom. The summed E-state index contributed by atoms with van der Waals surface area (Å²) in [6.45, 7) is 6.01. The minimum Gasteiger partial charge on any atom is -0.449 e. The Bertz CT molecular complexity index is 1210. The summed E-state index contributed by atoms with van der Waals surface area (Å²) < 4.78 is 6.62. The number of hydrogen-bond donors (Lipinski definition) is 1. The highest BCUT2D eigenvalue weighted by molar-refractivity contribution is 5.96. The van der Waals surface area contributed by atoms with E-state index < -0.39 is 6.16 Å². The van der Waals surface area contributed by atoms with E-state index in [-0.39, 0.29) is 29.4 Å². The molecule has 0 aliphatic heterocycles. The predicted octanol–water partition coefficient (Wildman–Crippen LogP) is 6.06. The van der Waals surface area contributed by atoms with Crippen LogP contribution in [-0.2, 0) is 4.79 Å². The molecule has 1 aliphatic carbocycles. The molecule has 2 heterocycles. The number of carboxylic acid groups (broad SMARTS) is 1. The molecule has 0 bridgehead atoms. The van der Waals surface area contributed by atoms with Crippen molar-refractivity contribution in [1.82, 2.24) is 14.8 Å². The largest absolute Gasteiger partial charge is 0.511 e. The lowest BCUT2D eigenvalue weighted by Crippen LogP contribution is -2.42. The van der Waals surface area contributed by atoms with Crippen LogP contribution in [-0.4, -0.2) is 38.0 Å². The summed E-state index contributed by atoms with van der Waals surface area (Å²) in [7, 11) is 0. The summed E-state index contributed by atoms with van der Waals surface area (Å²) in [6.07, 6.45) is 11.2. The second-order valence-corrected chi connectivity index (χ2v) is 9.59. The lowest BCUT2D eigenvalue weighted by Gasteiger charge is -2.32. The second kappa shape index (κ2) is 11.2. The zero-order chi connectivity index (χ0) is 25.7. The number of aromatic nitrogens is 3. The molecule has 0 unspecified atom stereocenters. The smallest absolute Gasteiger partial charge is 0.449 e. The van der Waals surface area contributed by atoms with Crippen LogP contribution in [0.5, 0.6) is 5.75 Å². The van der Waals surface area contributed by atoms with Crippen LogP contribution < -0.4 is 9.64 Å². The first-order chi connectivity index (χ1) is 17.3. The number of carbonyl (C=O) groups is 2. The molecule has 0 atom stereocenters. The van der Waals surface area contributed by atoms with Gasteiger partial charge in [-0.3, -0.25) is 14.7 Å². The number of benzene rings is 1. The molecule has 8 heteroatoms. The van der Waals surface area contributed by atoms with Gasteiger partial charge in [0.25, 0.3) is 0 Å². The van der Waals surface area contributed by atoms with Gasteiger partial charge in [-0.2, -0.15) is 0 Å². The van der Waals surface area contributed by atoms with Crippen molar-refractivity contribution in [3.05, 3.63) is 66.1 Å². The fourth-order valence-electron chi connectivity index (χ4n) is 4.53. The number of amides is 1. The second-order valence-electron chi connectivity index (χ2n) is 9.59. The predicted molar refractivity (Wildman–Crippen MR) is 139 cm³/mol. The minimum atomic E-state index is -1.45. The average molecular weight is 489 g/mol. The van der Waals surface area contributed by atoms with Crippen LogP contribution in [0.4, 0.5) is 10.6 Å². The van der Waals surface area contributed by atoms with Crippen molar-refractivity contribution in [2.24, 2.45) is 11.8 Å². The monoisotopic (exact) mass is 488 g/mol. The van der Waals surface area contributed by atoms with Gasteiger partial charge in [0.15, 0.2) is 5.75 Å². The maximum atomic E-state index is 13.5. The molecule has 0 radical (unpaired) electrons. The van der Waals surface area contributed by atoms with E-state index in [0.717, 1.165) is 42.5 Å². The van der Waals surface area contributed by atoms with E-state index in [1.165, 1.54) is 6.20 Å². The summed E-state index contributed by atoms with van der Waals surface area (Å²) in [4.78, 5) is 30.6. The highest BCUT2D eigenvalue weighted by Crippen LogP contribution is 2.35. The van der Waals surface area contributed by atoms with E-state index in [0.29, 0.717) is 5.92 Å². The minimum absolute atomic E-state index is 0.0333. The van der Waals surface area contributed by atoms with E-state index in [1.807, 2.05) is 62.4 Å². The molecule has 1 fully saturated rings. The zero-order valence-electron chi connectivity index (χ0n) is 20.9. The summed E-state index contributed by atoms with van der Waals surface area (Å²) >= 11 is 0. The van der Waals surface area contributed by atoms with Crippen molar-refractivity contribution in [3.63, 3.8) is 0 Å². The highest BCUT2D eigenvalue weighted by atomic mass is 16.7. The lowest BCUT2D eigenvalue weighted by atomic mass is 9.82. The maximum absolute atomic E-state index is 13.5. The Morgan fingerprint density at radius 2 is 1.64 bits per heavy atom. The lowest BCUT2D eigenvalue weighted by molar-refractivity contribution is -0.124. The van der Waals surface area contributed by atoms with Crippen LogP contribution in [0.2, 0.25) is 0 Å². The third-order valence-electron chi connectivity index (χ3n) is 6.54. The molecule has 0 spiro atoms. The van der Waals surface area contributed by atoms with Crippen molar-refractivity contribution in [2.45, 2.75) is 52.5 Å². The summed E-state index contributed by atoms with van der Waals surface area (Å²) in [5.41, 5.74) is 2.77. The van der Waals surface area contributed by atoms with E-state index >= 15 is 0 Å². The van der Waals surface area contributed by atoms with Crippen LogP contribution in [0.25, 0.3) is 17.8 Å². The SMILES string of the molecule is CC1CCC(C(=O)N(c2nn(-c3ccc(/C=C/c4ccncc4)cc3)cc2OC(=O)O)C(C)C)CC1.